The molecule has 0 aliphatic heterocycles. The predicted molar refractivity (Wildman–Crippen MR) is 79.0 cm³/mol. The minimum atomic E-state index is -4.57. The number of alkyl halides is 3. The number of halogens is 4. The molecule has 0 spiro atoms. The standard InChI is InChI=1S/C13H9ClF3N3O2S/c14-9-5-8(13(15,16)17)6-18-12(9)19-10(21)7-23-11-3-1-2-4-20(11)22/h1-6H,7H2,(H,18,19,21). The average molecular weight is 364 g/mol. The number of thioether (sulfide) groups is 1. The second-order valence-corrected chi connectivity index (χ2v) is 5.66. The summed E-state index contributed by atoms with van der Waals surface area (Å²) in [6, 6.07) is 5.40. The van der Waals surface area contributed by atoms with Crippen LogP contribution in [0.5, 0.6) is 0 Å². The fourth-order valence-corrected chi connectivity index (χ4v) is 2.44. The molecule has 0 atom stereocenters. The molecule has 0 aromatic carbocycles. The van der Waals surface area contributed by atoms with Crippen molar-refractivity contribution in [1.29, 1.82) is 0 Å². The number of pyridine rings is 2. The van der Waals surface area contributed by atoms with E-state index in [0.29, 0.717) is 22.0 Å². The van der Waals surface area contributed by atoms with Crippen molar-refractivity contribution in [2.75, 3.05) is 11.1 Å². The lowest BCUT2D eigenvalue weighted by Crippen LogP contribution is -2.28. The summed E-state index contributed by atoms with van der Waals surface area (Å²) in [5.74, 6) is -0.841. The molecule has 0 aliphatic rings. The molecule has 2 heterocycles. The first-order chi connectivity index (χ1) is 10.8. The van der Waals surface area contributed by atoms with E-state index in [1.54, 1.807) is 12.1 Å². The number of carbonyl (C=O) groups is 1. The SMILES string of the molecule is O=C(CSc1cccc[n+]1[O-])Nc1ncc(C(F)(F)F)cc1Cl. The summed E-state index contributed by atoms with van der Waals surface area (Å²) in [5, 5.41) is 13.7. The van der Waals surface area contributed by atoms with E-state index in [2.05, 4.69) is 10.3 Å². The summed E-state index contributed by atoms with van der Waals surface area (Å²) in [4.78, 5) is 15.3. The van der Waals surface area contributed by atoms with Gasteiger partial charge in [0.2, 0.25) is 5.91 Å². The van der Waals surface area contributed by atoms with Crippen LogP contribution >= 0.6 is 23.4 Å². The third-order valence-electron chi connectivity index (χ3n) is 2.57. The Balaban J connectivity index is 1.99. The quantitative estimate of drug-likeness (QED) is 0.515. The maximum Gasteiger partial charge on any atom is 0.417 e. The molecule has 2 aromatic rings. The predicted octanol–water partition coefficient (Wildman–Crippen LogP) is 3.12. The van der Waals surface area contributed by atoms with Crippen LogP contribution in [0.3, 0.4) is 0 Å². The zero-order valence-electron chi connectivity index (χ0n) is 11.3. The van der Waals surface area contributed by atoms with Gasteiger partial charge in [0.15, 0.2) is 12.0 Å². The number of anilines is 1. The van der Waals surface area contributed by atoms with Gasteiger partial charge < -0.3 is 10.5 Å². The van der Waals surface area contributed by atoms with E-state index in [-0.39, 0.29) is 16.6 Å². The highest BCUT2D eigenvalue weighted by atomic mass is 35.5. The van der Waals surface area contributed by atoms with Crippen molar-refractivity contribution in [3.63, 3.8) is 0 Å². The van der Waals surface area contributed by atoms with E-state index in [1.807, 2.05) is 0 Å². The van der Waals surface area contributed by atoms with Gasteiger partial charge in [0.25, 0.3) is 5.03 Å². The second-order valence-electron chi connectivity index (χ2n) is 4.25. The molecule has 10 heteroatoms. The largest absolute Gasteiger partial charge is 0.618 e. The van der Waals surface area contributed by atoms with Crippen LogP contribution in [0.25, 0.3) is 0 Å². The Morgan fingerprint density at radius 2 is 2.17 bits per heavy atom. The molecule has 0 saturated carbocycles. The van der Waals surface area contributed by atoms with Crippen molar-refractivity contribution in [3.05, 3.63) is 52.5 Å². The van der Waals surface area contributed by atoms with Gasteiger partial charge in [-0.05, 0) is 23.9 Å². The van der Waals surface area contributed by atoms with Gasteiger partial charge in [0.05, 0.1) is 16.3 Å². The van der Waals surface area contributed by atoms with Gasteiger partial charge in [0.1, 0.15) is 0 Å². The Kier molecular flexibility index (Phi) is 5.32. The number of nitrogens with one attached hydrogen (secondary N) is 1. The zero-order valence-corrected chi connectivity index (χ0v) is 12.9. The van der Waals surface area contributed by atoms with Gasteiger partial charge in [-0.3, -0.25) is 4.79 Å². The van der Waals surface area contributed by atoms with Crippen LogP contribution in [0, 0.1) is 5.21 Å². The summed E-state index contributed by atoms with van der Waals surface area (Å²) in [7, 11) is 0. The molecule has 2 aromatic heterocycles. The normalized spacial score (nSPS) is 11.3. The van der Waals surface area contributed by atoms with Crippen LogP contribution < -0.4 is 10.0 Å². The van der Waals surface area contributed by atoms with Crippen LogP contribution in [0.1, 0.15) is 5.56 Å². The molecule has 1 N–H and O–H groups in total. The maximum absolute atomic E-state index is 12.5. The first-order valence-electron chi connectivity index (χ1n) is 6.11. The van der Waals surface area contributed by atoms with Gasteiger partial charge in [0, 0.05) is 18.3 Å². The number of nitrogens with zero attached hydrogens (tertiary/aromatic N) is 2. The number of amides is 1. The zero-order chi connectivity index (χ0) is 17.0. The summed E-state index contributed by atoms with van der Waals surface area (Å²) in [6.07, 6.45) is -2.70. The number of hydrogen-bond donors (Lipinski definition) is 1. The Bertz CT molecular complexity index is 728. The number of rotatable bonds is 4. The van der Waals surface area contributed by atoms with Crippen LogP contribution in [0.4, 0.5) is 19.0 Å². The Morgan fingerprint density at radius 1 is 1.43 bits per heavy atom. The van der Waals surface area contributed by atoms with Gasteiger partial charge in [-0.1, -0.05) is 11.6 Å². The first kappa shape index (κ1) is 17.4. The monoisotopic (exact) mass is 363 g/mol. The van der Waals surface area contributed by atoms with Gasteiger partial charge in [-0.15, -0.1) is 0 Å². The molecule has 0 radical (unpaired) electrons. The Morgan fingerprint density at radius 3 is 2.78 bits per heavy atom. The van der Waals surface area contributed by atoms with Crippen LogP contribution in [-0.2, 0) is 11.0 Å². The van der Waals surface area contributed by atoms with E-state index in [4.69, 9.17) is 11.6 Å². The van der Waals surface area contributed by atoms with Gasteiger partial charge in [-0.2, -0.15) is 17.9 Å². The molecule has 0 bridgehead atoms. The first-order valence-corrected chi connectivity index (χ1v) is 7.47. The lowest BCUT2D eigenvalue weighted by atomic mass is 10.3. The smallest absolute Gasteiger partial charge is 0.417 e. The summed E-state index contributed by atoms with van der Waals surface area (Å²) in [6.45, 7) is 0. The minimum Gasteiger partial charge on any atom is -0.618 e. The number of carbonyl (C=O) groups excluding carboxylic acids is 1. The van der Waals surface area contributed by atoms with E-state index < -0.39 is 17.6 Å². The van der Waals surface area contributed by atoms with E-state index >= 15 is 0 Å². The molecule has 5 nitrogen and oxygen atoms in total. The van der Waals surface area contributed by atoms with Crippen LogP contribution in [0.2, 0.25) is 5.02 Å². The summed E-state index contributed by atoms with van der Waals surface area (Å²) < 4.78 is 38.1. The van der Waals surface area contributed by atoms with E-state index in [1.165, 1.54) is 12.3 Å². The molecule has 0 saturated heterocycles. The van der Waals surface area contributed by atoms with Crippen molar-refractivity contribution < 1.29 is 22.7 Å². The van der Waals surface area contributed by atoms with Crippen molar-refractivity contribution >= 4 is 35.1 Å². The average Bonchev–Trinajstić information content (AvgIpc) is 2.47. The van der Waals surface area contributed by atoms with Crippen molar-refractivity contribution in [1.82, 2.24) is 4.98 Å². The van der Waals surface area contributed by atoms with Crippen LogP contribution in [-0.4, -0.2) is 16.6 Å². The Labute approximate surface area is 138 Å². The highest BCUT2D eigenvalue weighted by Gasteiger charge is 2.31. The maximum atomic E-state index is 12.5. The molecule has 1 amide bonds. The minimum absolute atomic E-state index is 0.120. The fraction of sp³-hybridized carbons (Fsp3) is 0.154. The van der Waals surface area contributed by atoms with Gasteiger partial charge in [-0.25, -0.2) is 4.98 Å². The van der Waals surface area contributed by atoms with Crippen LogP contribution in [0.15, 0.2) is 41.7 Å². The van der Waals surface area contributed by atoms with Crippen molar-refractivity contribution in [3.8, 4) is 0 Å². The molecular weight excluding hydrogens is 355 g/mol. The second kappa shape index (κ2) is 7.05. The molecule has 2 rings (SSSR count). The molecule has 0 unspecified atom stereocenters. The highest BCUT2D eigenvalue weighted by molar-refractivity contribution is 7.99. The number of aromatic nitrogens is 2. The highest BCUT2D eigenvalue weighted by Crippen LogP contribution is 2.32. The third kappa shape index (κ3) is 4.73. The van der Waals surface area contributed by atoms with E-state index in [9.17, 15) is 23.2 Å². The third-order valence-corrected chi connectivity index (χ3v) is 3.87. The Hall–Kier alpha value is -2.00. The molecule has 0 fully saturated rings. The topological polar surface area (TPSA) is 68.9 Å². The van der Waals surface area contributed by atoms with E-state index in [0.717, 1.165) is 11.8 Å². The lowest BCUT2D eigenvalue weighted by molar-refractivity contribution is -0.645. The fourth-order valence-electron chi connectivity index (χ4n) is 1.52. The lowest BCUT2D eigenvalue weighted by Gasteiger charge is -2.10. The number of hydrogen-bond acceptors (Lipinski definition) is 4. The molecular formula is C13H9ClF3N3O2S. The molecule has 0 aliphatic carbocycles. The van der Waals surface area contributed by atoms with Gasteiger partial charge >= 0.3 is 6.18 Å². The molecule has 122 valence electrons. The molecule has 23 heavy (non-hydrogen) atoms. The van der Waals surface area contributed by atoms with Crippen molar-refractivity contribution in [2.45, 2.75) is 11.2 Å². The summed E-state index contributed by atoms with van der Waals surface area (Å²) in [5.41, 5.74) is -1.01. The summed E-state index contributed by atoms with van der Waals surface area (Å²) >= 11 is 6.66. The van der Waals surface area contributed by atoms with Crippen molar-refractivity contribution in [2.24, 2.45) is 0 Å².